The van der Waals surface area contributed by atoms with Crippen molar-refractivity contribution in [2.24, 2.45) is 0 Å². The van der Waals surface area contributed by atoms with E-state index in [0.29, 0.717) is 13.1 Å². The Hall–Kier alpha value is -2.40. The Balaban J connectivity index is 1.96. The SMILES string of the molecule is CCCCCCCCCCCCCCN(C(=O)NCCCCCCCCCCCC)[C@@H]1O[C@H](CO)[C@@H](O)[C@H](O)[C@H]1NC(=O)OCc1ccccc1. The fourth-order valence-corrected chi connectivity index (χ4v) is 6.80. The van der Waals surface area contributed by atoms with Crippen molar-refractivity contribution in [1.82, 2.24) is 15.5 Å². The molecule has 0 aliphatic carbocycles. The van der Waals surface area contributed by atoms with E-state index in [-0.39, 0.29) is 12.6 Å². The maximum absolute atomic E-state index is 13.7. The van der Waals surface area contributed by atoms with Crippen LogP contribution in [0.15, 0.2) is 30.3 Å². The van der Waals surface area contributed by atoms with Gasteiger partial charge in [-0.15, -0.1) is 0 Å². The summed E-state index contributed by atoms with van der Waals surface area (Å²) in [4.78, 5) is 28.2. The first-order chi connectivity index (χ1) is 24.9. The van der Waals surface area contributed by atoms with E-state index < -0.39 is 43.3 Å². The Morgan fingerprint density at radius 3 is 1.71 bits per heavy atom. The first-order valence-corrected chi connectivity index (χ1v) is 20.6. The summed E-state index contributed by atoms with van der Waals surface area (Å²) in [5, 5.41) is 37.5. The minimum atomic E-state index is -1.50. The van der Waals surface area contributed by atoms with E-state index in [1.807, 2.05) is 30.3 Å². The first kappa shape index (κ1) is 44.8. The first-order valence-electron chi connectivity index (χ1n) is 20.6. The number of ether oxygens (including phenoxy) is 2. The Morgan fingerprint density at radius 2 is 1.20 bits per heavy atom. The van der Waals surface area contributed by atoms with Crippen LogP contribution in [0.1, 0.15) is 161 Å². The van der Waals surface area contributed by atoms with Crippen molar-refractivity contribution in [3.05, 3.63) is 35.9 Å². The van der Waals surface area contributed by atoms with E-state index in [4.69, 9.17) is 9.47 Å². The Bertz CT molecular complexity index is 1000. The fourth-order valence-electron chi connectivity index (χ4n) is 6.80. The minimum Gasteiger partial charge on any atom is -0.445 e. The topological polar surface area (TPSA) is 141 Å². The van der Waals surface area contributed by atoms with Gasteiger partial charge in [-0.1, -0.05) is 173 Å². The second kappa shape index (κ2) is 29.1. The maximum atomic E-state index is 13.7. The van der Waals surface area contributed by atoms with Crippen LogP contribution in [0.25, 0.3) is 0 Å². The zero-order chi connectivity index (χ0) is 36.9. The van der Waals surface area contributed by atoms with Gasteiger partial charge in [-0.3, -0.25) is 4.90 Å². The number of hydrogen-bond acceptors (Lipinski definition) is 7. The number of benzene rings is 1. The lowest BCUT2D eigenvalue weighted by Gasteiger charge is -2.46. The predicted molar refractivity (Wildman–Crippen MR) is 204 cm³/mol. The summed E-state index contributed by atoms with van der Waals surface area (Å²) in [5.41, 5.74) is 0.796. The molecule has 10 nitrogen and oxygen atoms in total. The lowest BCUT2D eigenvalue weighted by molar-refractivity contribution is -0.222. The molecule has 0 unspecified atom stereocenters. The van der Waals surface area contributed by atoms with Crippen molar-refractivity contribution >= 4 is 12.1 Å². The van der Waals surface area contributed by atoms with E-state index >= 15 is 0 Å². The van der Waals surface area contributed by atoms with Gasteiger partial charge in [-0.25, -0.2) is 9.59 Å². The van der Waals surface area contributed by atoms with Crippen molar-refractivity contribution < 1.29 is 34.4 Å². The van der Waals surface area contributed by atoms with Crippen LogP contribution in [0.2, 0.25) is 0 Å². The summed E-state index contributed by atoms with van der Waals surface area (Å²) in [6, 6.07) is 7.70. The lowest BCUT2D eigenvalue weighted by atomic mass is 9.95. The molecule has 294 valence electrons. The normalized spacial score (nSPS) is 20.2. The summed E-state index contributed by atoms with van der Waals surface area (Å²) in [6.45, 7) is 4.79. The largest absolute Gasteiger partial charge is 0.445 e. The number of amides is 3. The van der Waals surface area contributed by atoms with Crippen molar-refractivity contribution in [1.29, 1.82) is 0 Å². The Morgan fingerprint density at radius 1 is 0.706 bits per heavy atom. The van der Waals surface area contributed by atoms with Gasteiger partial charge in [-0.2, -0.15) is 0 Å². The average molecular weight is 720 g/mol. The molecule has 0 aromatic heterocycles. The van der Waals surface area contributed by atoms with Crippen LogP contribution in [-0.4, -0.2) is 82.6 Å². The van der Waals surface area contributed by atoms with Gasteiger partial charge in [0, 0.05) is 13.1 Å². The summed E-state index contributed by atoms with van der Waals surface area (Å²) < 4.78 is 11.5. The number of aliphatic hydroxyl groups excluding tert-OH is 3. The summed E-state index contributed by atoms with van der Waals surface area (Å²) >= 11 is 0. The highest BCUT2D eigenvalue weighted by atomic mass is 16.6. The van der Waals surface area contributed by atoms with Gasteiger partial charge in [-0.05, 0) is 18.4 Å². The third-order valence-corrected chi connectivity index (χ3v) is 10.0. The van der Waals surface area contributed by atoms with Crippen molar-refractivity contribution in [3.63, 3.8) is 0 Å². The van der Waals surface area contributed by atoms with Crippen LogP contribution in [0.5, 0.6) is 0 Å². The average Bonchev–Trinajstić information content (AvgIpc) is 3.14. The molecule has 0 spiro atoms. The summed E-state index contributed by atoms with van der Waals surface area (Å²) in [5.74, 6) is 0. The van der Waals surface area contributed by atoms with Crippen LogP contribution in [0.3, 0.4) is 0 Å². The molecule has 1 aliphatic rings. The molecule has 1 heterocycles. The van der Waals surface area contributed by atoms with Gasteiger partial charge >= 0.3 is 12.1 Å². The van der Waals surface area contributed by atoms with Gasteiger partial charge in [0.15, 0.2) is 6.23 Å². The molecular formula is C41H73N3O7. The quantitative estimate of drug-likeness (QED) is 0.0524. The van der Waals surface area contributed by atoms with Crippen molar-refractivity contribution in [2.75, 3.05) is 19.7 Å². The molecule has 2 rings (SSSR count). The number of nitrogens with one attached hydrogen (secondary N) is 2. The number of nitrogens with zero attached hydrogens (tertiary/aromatic N) is 1. The number of rotatable bonds is 29. The van der Waals surface area contributed by atoms with E-state index in [1.165, 1.54) is 101 Å². The number of urea groups is 1. The molecule has 1 fully saturated rings. The standard InChI is InChI=1S/C41H73N3O7/c1-3-5-7-9-11-13-15-16-18-20-22-27-31-44(40(48)42-30-26-21-19-17-14-12-10-8-6-4-2)39-36(38(47)37(46)35(32-45)51-39)43-41(49)50-33-34-28-24-23-25-29-34/h23-25,28-29,35-39,45-47H,3-22,26-27,30-33H2,1-2H3,(H,42,48)(H,43,49)/t35-,36-,37-,38-,39-/m1/s1. The molecule has 1 saturated heterocycles. The molecule has 0 radical (unpaired) electrons. The molecule has 10 heteroatoms. The van der Waals surface area contributed by atoms with Crippen LogP contribution < -0.4 is 10.6 Å². The zero-order valence-corrected chi connectivity index (χ0v) is 32.1. The van der Waals surface area contributed by atoms with Gasteiger partial charge in [0.2, 0.25) is 0 Å². The summed E-state index contributed by atoms with van der Waals surface area (Å²) in [6.07, 6.45) is 20.2. The van der Waals surface area contributed by atoms with E-state index in [0.717, 1.165) is 50.5 Å². The number of carbonyl (C=O) groups is 2. The van der Waals surface area contributed by atoms with E-state index in [1.54, 1.807) is 0 Å². The molecule has 5 atom stereocenters. The highest BCUT2D eigenvalue weighted by Crippen LogP contribution is 2.25. The lowest BCUT2D eigenvalue weighted by Crippen LogP contribution is -2.69. The fraction of sp³-hybridized carbons (Fsp3) is 0.805. The number of hydrogen-bond donors (Lipinski definition) is 5. The van der Waals surface area contributed by atoms with Gasteiger partial charge < -0.3 is 35.4 Å². The van der Waals surface area contributed by atoms with Crippen LogP contribution >= 0.6 is 0 Å². The molecule has 5 N–H and O–H groups in total. The van der Waals surface area contributed by atoms with Gasteiger partial charge in [0.05, 0.1) is 6.61 Å². The molecular weight excluding hydrogens is 646 g/mol. The monoisotopic (exact) mass is 720 g/mol. The van der Waals surface area contributed by atoms with Gasteiger partial charge in [0.1, 0.15) is 31.0 Å². The molecule has 0 saturated carbocycles. The number of carbonyl (C=O) groups excluding carboxylic acids is 2. The van der Waals surface area contributed by atoms with Crippen molar-refractivity contribution in [3.8, 4) is 0 Å². The maximum Gasteiger partial charge on any atom is 0.407 e. The molecule has 1 aromatic carbocycles. The Labute approximate surface area is 309 Å². The second-order valence-corrected chi connectivity index (χ2v) is 14.5. The summed E-state index contributed by atoms with van der Waals surface area (Å²) in [7, 11) is 0. The third kappa shape index (κ3) is 19.3. The van der Waals surface area contributed by atoms with E-state index in [2.05, 4.69) is 24.5 Å². The highest BCUT2D eigenvalue weighted by molar-refractivity contribution is 5.75. The van der Waals surface area contributed by atoms with Gasteiger partial charge in [0.25, 0.3) is 0 Å². The molecule has 3 amide bonds. The minimum absolute atomic E-state index is 0.0186. The van der Waals surface area contributed by atoms with Crippen molar-refractivity contribution in [2.45, 2.75) is 192 Å². The number of aliphatic hydroxyl groups is 3. The van der Waals surface area contributed by atoms with Crippen LogP contribution in [0.4, 0.5) is 9.59 Å². The smallest absolute Gasteiger partial charge is 0.407 e. The molecule has 51 heavy (non-hydrogen) atoms. The van der Waals surface area contributed by atoms with Crippen LogP contribution in [-0.2, 0) is 16.1 Å². The third-order valence-electron chi connectivity index (χ3n) is 10.0. The molecule has 1 aromatic rings. The van der Waals surface area contributed by atoms with E-state index in [9.17, 15) is 24.9 Å². The number of alkyl carbamates (subject to hydrolysis) is 1. The highest BCUT2D eigenvalue weighted by Gasteiger charge is 2.48. The number of unbranched alkanes of at least 4 members (excludes halogenated alkanes) is 20. The Kier molecular flexibility index (Phi) is 25.5. The zero-order valence-electron chi connectivity index (χ0n) is 32.1. The van der Waals surface area contributed by atoms with Crippen LogP contribution in [0, 0.1) is 0 Å². The second-order valence-electron chi connectivity index (χ2n) is 14.5. The molecule has 0 bridgehead atoms. The molecule has 1 aliphatic heterocycles. The predicted octanol–water partition coefficient (Wildman–Crippen LogP) is 8.35.